The van der Waals surface area contributed by atoms with E-state index in [1.54, 1.807) is 5.38 Å². The van der Waals surface area contributed by atoms with Gasteiger partial charge in [-0.05, 0) is 6.42 Å². The first-order valence-electron chi connectivity index (χ1n) is 4.82. The Morgan fingerprint density at radius 1 is 1.53 bits per heavy atom. The van der Waals surface area contributed by atoms with E-state index < -0.39 is 10.0 Å². The summed E-state index contributed by atoms with van der Waals surface area (Å²) < 4.78 is 23.8. The number of nitrogens with one attached hydrogen (secondary N) is 2. The first-order chi connectivity index (χ1) is 7.88. The van der Waals surface area contributed by atoms with Crippen molar-refractivity contribution in [1.29, 1.82) is 0 Å². The maximum Gasteiger partial charge on any atom is 0.270 e. The van der Waals surface area contributed by atoms with Crippen molar-refractivity contribution in [3.05, 3.63) is 11.1 Å². The van der Waals surface area contributed by atoms with Crippen LogP contribution in [0.5, 0.6) is 0 Å². The average molecular weight is 278 g/mol. The van der Waals surface area contributed by atoms with Gasteiger partial charge in [0.15, 0.2) is 5.13 Å². The summed E-state index contributed by atoms with van der Waals surface area (Å²) in [5.41, 5.74) is 5.67. The lowest BCUT2D eigenvalue weighted by Gasteiger charge is -2.03. The number of nitrogens with zero attached hydrogens (tertiary/aromatic N) is 1. The Morgan fingerprint density at radius 2 is 2.24 bits per heavy atom. The Labute approximate surface area is 103 Å². The van der Waals surface area contributed by atoms with E-state index >= 15 is 0 Å². The molecule has 96 valence electrons. The number of anilines is 1. The van der Waals surface area contributed by atoms with Gasteiger partial charge in [-0.1, -0.05) is 0 Å². The van der Waals surface area contributed by atoms with Crippen LogP contribution in [0.15, 0.2) is 5.38 Å². The molecule has 0 saturated carbocycles. The standard InChI is InChI=1S/C8H14N4O3S2/c1-17(14,15)11-4-2-3-10-7(13)6-5-16-8(9)12-6/h5,11H,2-4H2,1H3,(H2,9,12)(H,10,13). The zero-order valence-corrected chi connectivity index (χ0v) is 10.9. The Kier molecular flexibility index (Phi) is 4.85. The number of sulfonamides is 1. The minimum atomic E-state index is -3.16. The Balaban J connectivity index is 2.21. The molecular formula is C8H14N4O3S2. The molecule has 0 fully saturated rings. The lowest BCUT2D eigenvalue weighted by atomic mass is 10.4. The average Bonchev–Trinajstić information content (AvgIpc) is 2.62. The third-order valence-electron chi connectivity index (χ3n) is 1.76. The van der Waals surface area contributed by atoms with Gasteiger partial charge >= 0.3 is 0 Å². The second kappa shape index (κ2) is 5.94. The molecule has 0 aliphatic heterocycles. The van der Waals surface area contributed by atoms with E-state index in [-0.39, 0.29) is 18.1 Å². The summed E-state index contributed by atoms with van der Waals surface area (Å²) >= 11 is 1.19. The highest BCUT2D eigenvalue weighted by atomic mass is 32.2. The summed E-state index contributed by atoms with van der Waals surface area (Å²) in [6.07, 6.45) is 1.60. The van der Waals surface area contributed by atoms with Crippen LogP contribution in [0.4, 0.5) is 5.13 Å². The normalized spacial score (nSPS) is 11.4. The van der Waals surface area contributed by atoms with Gasteiger partial charge < -0.3 is 11.1 Å². The van der Waals surface area contributed by atoms with E-state index in [9.17, 15) is 13.2 Å². The smallest absolute Gasteiger partial charge is 0.270 e. The van der Waals surface area contributed by atoms with E-state index in [1.165, 1.54) is 11.3 Å². The van der Waals surface area contributed by atoms with Crippen LogP contribution in [0.3, 0.4) is 0 Å². The molecule has 1 rings (SSSR count). The maximum absolute atomic E-state index is 11.5. The molecule has 7 nitrogen and oxygen atoms in total. The number of hydrogen-bond donors (Lipinski definition) is 3. The van der Waals surface area contributed by atoms with Gasteiger partial charge in [0.05, 0.1) is 6.26 Å². The second-order valence-electron chi connectivity index (χ2n) is 3.35. The number of rotatable bonds is 6. The fraction of sp³-hybridized carbons (Fsp3) is 0.500. The van der Waals surface area contributed by atoms with Gasteiger partial charge in [0.2, 0.25) is 10.0 Å². The molecule has 0 radical (unpaired) electrons. The molecule has 0 unspecified atom stereocenters. The van der Waals surface area contributed by atoms with Crippen LogP contribution in [0.25, 0.3) is 0 Å². The number of carbonyl (C=O) groups excluding carboxylic acids is 1. The molecule has 0 aromatic carbocycles. The number of hydrogen-bond acceptors (Lipinski definition) is 6. The van der Waals surface area contributed by atoms with Crippen LogP contribution in [-0.4, -0.2) is 38.7 Å². The number of amides is 1. The molecule has 1 aromatic rings. The second-order valence-corrected chi connectivity index (χ2v) is 6.07. The fourth-order valence-corrected chi connectivity index (χ4v) is 2.09. The monoisotopic (exact) mass is 278 g/mol. The number of nitrogens with two attached hydrogens (primary N) is 1. The summed E-state index contributed by atoms with van der Waals surface area (Å²) in [6.45, 7) is 0.664. The van der Waals surface area contributed by atoms with Gasteiger partial charge in [0.25, 0.3) is 5.91 Å². The van der Waals surface area contributed by atoms with Gasteiger partial charge in [-0.3, -0.25) is 4.79 Å². The lowest BCUT2D eigenvalue weighted by Crippen LogP contribution is -2.29. The third-order valence-corrected chi connectivity index (χ3v) is 3.16. The van der Waals surface area contributed by atoms with Crippen molar-refractivity contribution in [2.45, 2.75) is 6.42 Å². The zero-order chi connectivity index (χ0) is 12.9. The molecule has 0 aliphatic carbocycles. The summed E-state index contributed by atoms with van der Waals surface area (Å²) in [5, 5.41) is 4.52. The van der Waals surface area contributed by atoms with Crippen LogP contribution in [-0.2, 0) is 10.0 Å². The molecule has 0 aliphatic rings. The summed E-state index contributed by atoms with van der Waals surface area (Å²) in [4.78, 5) is 15.3. The molecule has 0 bridgehead atoms. The summed E-state index contributed by atoms with van der Waals surface area (Å²) in [6, 6.07) is 0. The summed E-state index contributed by atoms with van der Waals surface area (Å²) in [7, 11) is -3.16. The Hall–Kier alpha value is -1.19. The molecule has 0 atom stereocenters. The quantitative estimate of drug-likeness (QED) is 0.601. The Bertz CT molecular complexity index is 483. The molecule has 1 amide bonds. The van der Waals surface area contributed by atoms with Crippen molar-refractivity contribution in [3.8, 4) is 0 Å². The first-order valence-corrected chi connectivity index (χ1v) is 7.59. The topological polar surface area (TPSA) is 114 Å². The molecule has 4 N–H and O–H groups in total. The third kappa shape index (κ3) is 5.61. The highest BCUT2D eigenvalue weighted by molar-refractivity contribution is 7.88. The fourth-order valence-electron chi connectivity index (χ4n) is 1.03. The SMILES string of the molecule is CS(=O)(=O)NCCCNC(=O)c1csc(N)n1. The van der Waals surface area contributed by atoms with E-state index in [4.69, 9.17) is 5.73 Å². The van der Waals surface area contributed by atoms with Gasteiger partial charge in [-0.15, -0.1) is 11.3 Å². The minimum absolute atomic E-state index is 0.281. The number of carbonyl (C=O) groups is 1. The van der Waals surface area contributed by atoms with Gasteiger partial charge in [0.1, 0.15) is 5.69 Å². The Morgan fingerprint density at radius 3 is 2.76 bits per heavy atom. The van der Waals surface area contributed by atoms with E-state index in [0.717, 1.165) is 6.26 Å². The summed E-state index contributed by atoms with van der Waals surface area (Å²) in [5.74, 6) is -0.308. The molecule has 0 spiro atoms. The molecule has 9 heteroatoms. The zero-order valence-electron chi connectivity index (χ0n) is 9.26. The van der Waals surface area contributed by atoms with Gasteiger partial charge in [0, 0.05) is 18.5 Å². The maximum atomic E-state index is 11.5. The number of aromatic nitrogens is 1. The lowest BCUT2D eigenvalue weighted by molar-refractivity contribution is 0.0949. The van der Waals surface area contributed by atoms with Crippen molar-refractivity contribution in [2.75, 3.05) is 25.1 Å². The van der Waals surface area contributed by atoms with Crippen molar-refractivity contribution in [3.63, 3.8) is 0 Å². The van der Waals surface area contributed by atoms with Crippen molar-refractivity contribution in [1.82, 2.24) is 15.0 Å². The molecule has 0 saturated heterocycles. The predicted octanol–water partition coefficient (Wildman–Crippen LogP) is -0.606. The van der Waals surface area contributed by atoms with Crippen molar-refractivity contribution >= 4 is 32.4 Å². The van der Waals surface area contributed by atoms with Crippen LogP contribution < -0.4 is 15.8 Å². The largest absolute Gasteiger partial charge is 0.375 e. The number of thiazole rings is 1. The molecule has 1 aromatic heterocycles. The van der Waals surface area contributed by atoms with E-state index in [2.05, 4.69) is 15.0 Å². The molecular weight excluding hydrogens is 264 g/mol. The highest BCUT2D eigenvalue weighted by Crippen LogP contribution is 2.10. The van der Waals surface area contributed by atoms with E-state index in [1.807, 2.05) is 0 Å². The van der Waals surface area contributed by atoms with E-state index in [0.29, 0.717) is 18.1 Å². The van der Waals surface area contributed by atoms with Crippen molar-refractivity contribution in [2.24, 2.45) is 0 Å². The predicted molar refractivity (Wildman–Crippen MR) is 66.3 cm³/mol. The van der Waals surface area contributed by atoms with Gasteiger partial charge in [-0.25, -0.2) is 18.1 Å². The number of nitrogen functional groups attached to an aromatic ring is 1. The highest BCUT2D eigenvalue weighted by Gasteiger charge is 2.08. The van der Waals surface area contributed by atoms with Crippen LogP contribution in [0.2, 0.25) is 0 Å². The molecule has 17 heavy (non-hydrogen) atoms. The van der Waals surface area contributed by atoms with Crippen LogP contribution in [0, 0.1) is 0 Å². The minimum Gasteiger partial charge on any atom is -0.375 e. The van der Waals surface area contributed by atoms with Gasteiger partial charge in [-0.2, -0.15) is 0 Å². The first kappa shape index (κ1) is 13.9. The van der Waals surface area contributed by atoms with Crippen molar-refractivity contribution < 1.29 is 13.2 Å². The van der Waals surface area contributed by atoms with Crippen LogP contribution in [0.1, 0.15) is 16.9 Å². The molecule has 1 heterocycles. The van der Waals surface area contributed by atoms with Crippen LogP contribution >= 0.6 is 11.3 Å².